The van der Waals surface area contributed by atoms with Gasteiger partial charge in [0.2, 0.25) is 15.9 Å². The molecule has 3 aromatic rings. The van der Waals surface area contributed by atoms with Gasteiger partial charge in [-0.15, -0.1) is 0 Å². The fourth-order valence-corrected chi connectivity index (χ4v) is 4.40. The standard InChI is InChI=1S/C27H30N4O6S/c1-19(2)16-25(31-26(33)20-12-14-28-15-13-20)27(34)29-17-21(32)18-30-38(35,36)24-10-8-23(9-11-24)37-22-6-4-3-5-7-22/h3-15,19,25,30H,16-18H2,1-2H3,(H,29,34)(H,31,33)/t25-/m0/s1. The number of pyridine rings is 1. The van der Waals surface area contributed by atoms with Gasteiger partial charge in [0.05, 0.1) is 18.0 Å². The molecular formula is C27H30N4O6S. The Bertz CT molecular complexity index is 1330. The molecule has 1 heterocycles. The average molecular weight is 539 g/mol. The Labute approximate surface area is 221 Å². The molecule has 0 saturated carbocycles. The van der Waals surface area contributed by atoms with E-state index >= 15 is 0 Å². The molecule has 0 spiro atoms. The molecular weight excluding hydrogens is 508 g/mol. The van der Waals surface area contributed by atoms with Crippen molar-refractivity contribution in [2.45, 2.75) is 31.2 Å². The first kappa shape index (κ1) is 28.5. The molecule has 0 unspecified atom stereocenters. The van der Waals surface area contributed by atoms with Crippen LogP contribution >= 0.6 is 0 Å². The number of aromatic nitrogens is 1. The van der Waals surface area contributed by atoms with Crippen molar-refractivity contribution in [3.05, 3.63) is 84.7 Å². The summed E-state index contributed by atoms with van der Waals surface area (Å²) in [6, 6.07) is 17.0. The van der Waals surface area contributed by atoms with Crippen LogP contribution in [0, 0.1) is 5.92 Å². The number of carbonyl (C=O) groups excluding carboxylic acids is 3. The molecule has 0 aliphatic heterocycles. The quantitative estimate of drug-likeness (QED) is 0.304. The maximum absolute atomic E-state index is 12.7. The molecule has 0 aliphatic rings. The van der Waals surface area contributed by atoms with E-state index in [1.807, 2.05) is 32.0 Å². The number of Topliss-reactive ketones (excluding diaryl/α,β-unsaturated/α-hetero) is 1. The smallest absolute Gasteiger partial charge is 0.252 e. The number of rotatable bonds is 13. The maximum Gasteiger partial charge on any atom is 0.252 e. The van der Waals surface area contributed by atoms with Gasteiger partial charge in [-0.25, -0.2) is 13.1 Å². The third-order valence-electron chi connectivity index (χ3n) is 5.30. The minimum atomic E-state index is -3.96. The van der Waals surface area contributed by atoms with Crippen LogP contribution in [0.3, 0.4) is 0 Å². The highest BCUT2D eigenvalue weighted by atomic mass is 32.2. The number of sulfonamides is 1. The zero-order chi connectivity index (χ0) is 27.5. The van der Waals surface area contributed by atoms with E-state index in [4.69, 9.17) is 4.74 Å². The zero-order valence-electron chi connectivity index (χ0n) is 21.1. The van der Waals surface area contributed by atoms with Crippen molar-refractivity contribution in [1.82, 2.24) is 20.3 Å². The van der Waals surface area contributed by atoms with Crippen molar-refractivity contribution in [2.24, 2.45) is 5.92 Å². The van der Waals surface area contributed by atoms with Crippen LogP contribution in [0.4, 0.5) is 0 Å². The van der Waals surface area contributed by atoms with Gasteiger partial charge in [0.15, 0.2) is 5.78 Å². The minimum Gasteiger partial charge on any atom is -0.457 e. The summed E-state index contributed by atoms with van der Waals surface area (Å²) in [6.07, 6.45) is 3.30. The van der Waals surface area contributed by atoms with Crippen molar-refractivity contribution >= 4 is 27.6 Å². The number of hydrogen-bond donors (Lipinski definition) is 3. The van der Waals surface area contributed by atoms with Gasteiger partial charge in [-0.1, -0.05) is 32.0 Å². The van der Waals surface area contributed by atoms with Gasteiger partial charge < -0.3 is 15.4 Å². The SMILES string of the molecule is CC(C)C[C@H](NC(=O)c1ccncc1)C(=O)NCC(=O)CNS(=O)(=O)c1ccc(Oc2ccccc2)cc1. The third kappa shape index (κ3) is 8.79. The van der Waals surface area contributed by atoms with E-state index in [2.05, 4.69) is 20.3 Å². The molecule has 0 radical (unpaired) electrons. The lowest BCUT2D eigenvalue weighted by Gasteiger charge is -2.20. The van der Waals surface area contributed by atoms with Crippen LogP contribution in [-0.4, -0.2) is 50.1 Å². The first-order valence-electron chi connectivity index (χ1n) is 12.0. The molecule has 2 aromatic carbocycles. The number of ketones is 1. The predicted octanol–water partition coefficient (Wildman–Crippen LogP) is 2.68. The van der Waals surface area contributed by atoms with Crippen LogP contribution in [-0.2, 0) is 19.6 Å². The number of para-hydroxylation sites is 1. The second-order valence-corrected chi connectivity index (χ2v) is 10.6. The fourth-order valence-electron chi connectivity index (χ4n) is 3.39. The highest BCUT2D eigenvalue weighted by Gasteiger charge is 2.23. The lowest BCUT2D eigenvalue weighted by atomic mass is 10.0. The Hall–Kier alpha value is -4.09. The zero-order valence-corrected chi connectivity index (χ0v) is 21.9. The van der Waals surface area contributed by atoms with Crippen LogP contribution in [0.15, 0.2) is 84.0 Å². The first-order chi connectivity index (χ1) is 18.1. The van der Waals surface area contributed by atoms with E-state index in [1.165, 1.54) is 48.8 Å². The van der Waals surface area contributed by atoms with Crippen LogP contribution < -0.4 is 20.1 Å². The number of ether oxygens (including phenoxy) is 1. The Morgan fingerprint density at radius 2 is 1.50 bits per heavy atom. The van der Waals surface area contributed by atoms with E-state index < -0.39 is 46.8 Å². The lowest BCUT2D eigenvalue weighted by Crippen LogP contribution is -2.49. The van der Waals surface area contributed by atoms with Gasteiger partial charge in [0.25, 0.3) is 5.91 Å². The molecule has 11 heteroatoms. The summed E-state index contributed by atoms with van der Waals surface area (Å²) in [5.74, 6) is -0.355. The molecule has 1 atom stereocenters. The molecule has 3 rings (SSSR count). The van der Waals surface area contributed by atoms with Crippen molar-refractivity contribution in [2.75, 3.05) is 13.1 Å². The van der Waals surface area contributed by atoms with Gasteiger partial charge in [-0.3, -0.25) is 19.4 Å². The number of hydrogen-bond acceptors (Lipinski definition) is 7. The summed E-state index contributed by atoms with van der Waals surface area (Å²) in [5.41, 5.74) is 0.353. The van der Waals surface area contributed by atoms with Crippen molar-refractivity contribution in [3.63, 3.8) is 0 Å². The van der Waals surface area contributed by atoms with E-state index in [1.54, 1.807) is 12.1 Å². The monoisotopic (exact) mass is 538 g/mol. The summed E-state index contributed by atoms with van der Waals surface area (Å²) in [5, 5.41) is 5.16. The summed E-state index contributed by atoms with van der Waals surface area (Å²) < 4.78 is 33.1. The van der Waals surface area contributed by atoms with Gasteiger partial charge in [0.1, 0.15) is 17.5 Å². The second kappa shape index (κ2) is 13.5. The third-order valence-corrected chi connectivity index (χ3v) is 6.72. The molecule has 3 N–H and O–H groups in total. The molecule has 2 amide bonds. The van der Waals surface area contributed by atoms with Crippen LogP contribution in [0.25, 0.3) is 0 Å². The van der Waals surface area contributed by atoms with Crippen LogP contribution in [0.1, 0.15) is 30.6 Å². The number of benzene rings is 2. The van der Waals surface area contributed by atoms with Gasteiger partial charge in [-0.2, -0.15) is 0 Å². The topological polar surface area (TPSA) is 144 Å². The second-order valence-electron chi connectivity index (χ2n) is 8.86. The van der Waals surface area contributed by atoms with Crippen molar-refractivity contribution in [3.8, 4) is 11.5 Å². The Kier molecular flexibility index (Phi) is 10.1. The Morgan fingerprint density at radius 1 is 0.868 bits per heavy atom. The lowest BCUT2D eigenvalue weighted by molar-refractivity contribution is -0.126. The number of amides is 2. The van der Waals surface area contributed by atoms with Crippen LogP contribution in [0.5, 0.6) is 11.5 Å². The highest BCUT2D eigenvalue weighted by Crippen LogP contribution is 2.22. The number of nitrogens with zero attached hydrogens (tertiary/aromatic N) is 1. The van der Waals surface area contributed by atoms with E-state index in [0.717, 1.165) is 0 Å². The molecule has 0 aliphatic carbocycles. The molecule has 1 aromatic heterocycles. The van der Waals surface area contributed by atoms with Gasteiger partial charge in [0, 0.05) is 18.0 Å². The normalized spacial score (nSPS) is 12.0. The Morgan fingerprint density at radius 3 is 2.13 bits per heavy atom. The Balaban J connectivity index is 1.50. The average Bonchev–Trinajstić information content (AvgIpc) is 2.91. The molecule has 0 fully saturated rings. The summed E-state index contributed by atoms with van der Waals surface area (Å²) in [6.45, 7) is 2.90. The number of carbonyl (C=O) groups is 3. The van der Waals surface area contributed by atoms with E-state index in [0.29, 0.717) is 23.5 Å². The van der Waals surface area contributed by atoms with E-state index in [9.17, 15) is 22.8 Å². The first-order valence-corrected chi connectivity index (χ1v) is 13.5. The molecule has 10 nitrogen and oxygen atoms in total. The van der Waals surface area contributed by atoms with Crippen molar-refractivity contribution in [1.29, 1.82) is 0 Å². The minimum absolute atomic E-state index is 0.0365. The molecule has 0 saturated heterocycles. The largest absolute Gasteiger partial charge is 0.457 e. The summed E-state index contributed by atoms with van der Waals surface area (Å²) >= 11 is 0. The van der Waals surface area contributed by atoms with Crippen LogP contribution in [0.2, 0.25) is 0 Å². The summed E-state index contributed by atoms with van der Waals surface area (Å²) in [7, 11) is -3.96. The highest BCUT2D eigenvalue weighted by molar-refractivity contribution is 7.89. The summed E-state index contributed by atoms with van der Waals surface area (Å²) in [4.78, 5) is 41.3. The van der Waals surface area contributed by atoms with Gasteiger partial charge in [-0.05, 0) is 60.9 Å². The predicted molar refractivity (Wildman–Crippen MR) is 141 cm³/mol. The number of nitrogens with one attached hydrogen (secondary N) is 3. The maximum atomic E-state index is 12.7. The fraction of sp³-hybridized carbons (Fsp3) is 0.259. The van der Waals surface area contributed by atoms with Crippen molar-refractivity contribution < 1.29 is 27.5 Å². The van der Waals surface area contributed by atoms with E-state index in [-0.39, 0.29) is 10.8 Å². The molecule has 200 valence electrons. The molecule has 0 bridgehead atoms. The van der Waals surface area contributed by atoms with Gasteiger partial charge >= 0.3 is 0 Å². The molecule has 38 heavy (non-hydrogen) atoms.